The first-order valence-electron chi connectivity index (χ1n) is 8.38. The zero-order valence-electron chi connectivity index (χ0n) is 15.1. The molecular formula is C19H25BN2O2. The van der Waals surface area contributed by atoms with E-state index < -0.39 is 0 Å². The van der Waals surface area contributed by atoms with Gasteiger partial charge in [-0.25, -0.2) is 4.98 Å². The Morgan fingerprint density at radius 3 is 2.25 bits per heavy atom. The van der Waals surface area contributed by atoms with Crippen LogP contribution in [0.4, 0.5) is 5.82 Å². The van der Waals surface area contributed by atoms with Gasteiger partial charge in [0.05, 0.1) is 11.2 Å². The molecule has 1 aromatic carbocycles. The van der Waals surface area contributed by atoms with Crippen LogP contribution in [0.3, 0.4) is 0 Å². The van der Waals surface area contributed by atoms with Crippen LogP contribution in [0.15, 0.2) is 42.6 Å². The Morgan fingerprint density at radius 2 is 1.67 bits per heavy atom. The Morgan fingerprint density at radius 1 is 1.04 bits per heavy atom. The van der Waals surface area contributed by atoms with Crippen molar-refractivity contribution in [1.29, 1.82) is 0 Å². The summed E-state index contributed by atoms with van der Waals surface area (Å²) in [6.07, 6.45) is 1.84. The lowest BCUT2D eigenvalue weighted by molar-refractivity contribution is 0.00578. The normalized spacial score (nSPS) is 18.6. The number of nitrogens with zero attached hydrogens (tertiary/aromatic N) is 1. The molecule has 0 bridgehead atoms. The van der Waals surface area contributed by atoms with E-state index in [0.717, 1.165) is 23.4 Å². The second kappa shape index (κ2) is 6.23. The topological polar surface area (TPSA) is 43.4 Å². The Balaban J connectivity index is 1.71. The maximum absolute atomic E-state index is 6.09. The number of rotatable bonds is 4. The molecule has 24 heavy (non-hydrogen) atoms. The lowest BCUT2D eigenvalue weighted by Gasteiger charge is -2.32. The maximum atomic E-state index is 6.09. The molecule has 1 fully saturated rings. The van der Waals surface area contributed by atoms with Gasteiger partial charge in [-0.2, -0.15) is 0 Å². The summed E-state index contributed by atoms with van der Waals surface area (Å²) in [5.74, 6) is 0.888. The van der Waals surface area contributed by atoms with Crippen molar-refractivity contribution in [2.24, 2.45) is 0 Å². The molecule has 1 aliphatic heterocycles. The molecule has 2 aromatic rings. The summed E-state index contributed by atoms with van der Waals surface area (Å²) < 4.78 is 12.2. The van der Waals surface area contributed by atoms with Crippen LogP contribution in [0.1, 0.15) is 38.8 Å². The van der Waals surface area contributed by atoms with Gasteiger partial charge in [-0.05, 0) is 45.7 Å². The van der Waals surface area contributed by atoms with E-state index in [9.17, 15) is 0 Å². The number of nitrogens with one attached hydrogen (secondary N) is 1. The predicted molar refractivity (Wildman–Crippen MR) is 98.5 cm³/mol. The van der Waals surface area contributed by atoms with Crippen LogP contribution >= 0.6 is 0 Å². The Bertz CT molecular complexity index is 701. The van der Waals surface area contributed by atoms with E-state index in [4.69, 9.17) is 9.31 Å². The fourth-order valence-electron chi connectivity index (χ4n) is 2.67. The summed E-state index contributed by atoms with van der Waals surface area (Å²) in [5.41, 5.74) is 2.59. The van der Waals surface area contributed by atoms with Gasteiger partial charge >= 0.3 is 7.12 Å². The van der Waals surface area contributed by atoms with Crippen molar-refractivity contribution in [3.05, 3.63) is 53.7 Å². The number of aryl methyl sites for hydroxylation is 1. The van der Waals surface area contributed by atoms with Crippen molar-refractivity contribution in [3.8, 4) is 0 Å². The van der Waals surface area contributed by atoms with Gasteiger partial charge in [0.1, 0.15) is 5.82 Å². The van der Waals surface area contributed by atoms with E-state index >= 15 is 0 Å². The molecule has 126 valence electrons. The first kappa shape index (κ1) is 17.0. The summed E-state index contributed by atoms with van der Waals surface area (Å²) in [6.45, 7) is 11.0. The summed E-state index contributed by atoms with van der Waals surface area (Å²) in [5, 5.41) is 3.39. The van der Waals surface area contributed by atoms with E-state index in [-0.39, 0.29) is 18.3 Å². The number of hydrogen-bond acceptors (Lipinski definition) is 4. The molecule has 1 aromatic heterocycles. The van der Waals surface area contributed by atoms with Gasteiger partial charge < -0.3 is 14.6 Å². The number of benzene rings is 1. The number of aromatic nitrogens is 1. The molecule has 2 heterocycles. The molecule has 0 saturated carbocycles. The lowest BCUT2D eigenvalue weighted by Crippen LogP contribution is -2.41. The highest BCUT2D eigenvalue weighted by molar-refractivity contribution is 6.62. The van der Waals surface area contributed by atoms with Crippen molar-refractivity contribution >= 4 is 18.4 Å². The Labute approximate surface area is 144 Å². The fourth-order valence-corrected chi connectivity index (χ4v) is 2.67. The molecule has 5 heteroatoms. The summed E-state index contributed by atoms with van der Waals surface area (Å²) in [4.78, 5) is 4.56. The lowest BCUT2D eigenvalue weighted by atomic mass is 9.80. The van der Waals surface area contributed by atoms with Crippen molar-refractivity contribution in [3.63, 3.8) is 0 Å². The van der Waals surface area contributed by atoms with E-state index in [1.807, 2.05) is 24.4 Å². The standard InChI is InChI=1S/C19H25BN2O2/c1-14-11-16(20-23-18(2,3)19(4,5)24-20)13-22-17(14)21-12-15-9-7-6-8-10-15/h6-11,13H,12H2,1-5H3,(H,21,22). The van der Waals surface area contributed by atoms with Gasteiger partial charge in [0.15, 0.2) is 0 Å². The highest BCUT2D eigenvalue weighted by atomic mass is 16.7. The maximum Gasteiger partial charge on any atom is 0.496 e. The predicted octanol–water partition coefficient (Wildman–Crippen LogP) is 3.30. The Hall–Kier alpha value is -1.85. The summed E-state index contributed by atoms with van der Waals surface area (Å²) >= 11 is 0. The van der Waals surface area contributed by atoms with Crippen LogP contribution in [0.2, 0.25) is 0 Å². The third-order valence-electron chi connectivity index (χ3n) is 4.93. The van der Waals surface area contributed by atoms with Gasteiger partial charge in [0.25, 0.3) is 0 Å². The molecule has 0 radical (unpaired) electrons. The second-order valence-electron chi connectivity index (χ2n) is 7.36. The van der Waals surface area contributed by atoms with Gasteiger partial charge in [0.2, 0.25) is 0 Å². The largest absolute Gasteiger partial charge is 0.496 e. The number of anilines is 1. The van der Waals surface area contributed by atoms with Crippen LogP contribution in [-0.4, -0.2) is 23.3 Å². The zero-order valence-corrected chi connectivity index (χ0v) is 15.1. The van der Waals surface area contributed by atoms with Gasteiger partial charge in [-0.1, -0.05) is 36.4 Å². The first-order chi connectivity index (χ1) is 11.3. The molecule has 1 N–H and O–H groups in total. The van der Waals surface area contributed by atoms with Crippen molar-refractivity contribution < 1.29 is 9.31 Å². The fraction of sp³-hybridized carbons (Fsp3) is 0.421. The van der Waals surface area contributed by atoms with E-state index in [1.54, 1.807) is 0 Å². The summed E-state index contributed by atoms with van der Waals surface area (Å²) in [7, 11) is -0.371. The van der Waals surface area contributed by atoms with Crippen molar-refractivity contribution in [1.82, 2.24) is 4.98 Å². The SMILES string of the molecule is Cc1cc(B2OC(C)(C)C(C)(C)O2)cnc1NCc1ccccc1. The average Bonchev–Trinajstić information content (AvgIpc) is 2.75. The highest BCUT2D eigenvalue weighted by Gasteiger charge is 2.51. The van der Waals surface area contributed by atoms with E-state index in [2.05, 4.69) is 63.1 Å². The third-order valence-corrected chi connectivity index (χ3v) is 4.93. The molecule has 3 rings (SSSR count). The van der Waals surface area contributed by atoms with Crippen molar-refractivity contribution in [2.45, 2.75) is 52.4 Å². The monoisotopic (exact) mass is 324 g/mol. The zero-order chi connectivity index (χ0) is 17.4. The molecule has 0 spiro atoms. The van der Waals surface area contributed by atoms with E-state index in [1.165, 1.54) is 5.56 Å². The number of hydrogen-bond donors (Lipinski definition) is 1. The molecule has 4 nitrogen and oxygen atoms in total. The van der Waals surface area contributed by atoms with Crippen LogP contribution in [0, 0.1) is 6.92 Å². The number of pyridine rings is 1. The molecular weight excluding hydrogens is 299 g/mol. The minimum absolute atomic E-state index is 0.337. The molecule has 0 unspecified atom stereocenters. The molecule has 0 amide bonds. The molecule has 1 saturated heterocycles. The highest BCUT2D eigenvalue weighted by Crippen LogP contribution is 2.36. The van der Waals surface area contributed by atoms with E-state index in [0.29, 0.717) is 0 Å². The van der Waals surface area contributed by atoms with Crippen LogP contribution in [0.25, 0.3) is 0 Å². The van der Waals surface area contributed by atoms with Gasteiger partial charge in [-0.15, -0.1) is 0 Å². The second-order valence-corrected chi connectivity index (χ2v) is 7.36. The Kier molecular flexibility index (Phi) is 4.41. The van der Waals surface area contributed by atoms with Crippen LogP contribution < -0.4 is 10.8 Å². The van der Waals surface area contributed by atoms with Crippen LogP contribution in [0.5, 0.6) is 0 Å². The van der Waals surface area contributed by atoms with Crippen LogP contribution in [-0.2, 0) is 15.9 Å². The first-order valence-corrected chi connectivity index (χ1v) is 8.38. The molecule has 0 aliphatic carbocycles. The molecule has 0 atom stereocenters. The van der Waals surface area contributed by atoms with Gasteiger partial charge in [0, 0.05) is 18.2 Å². The summed E-state index contributed by atoms with van der Waals surface area (Å²) in [6, 6.07) is 12.4. The quantitative estimate of drug-likeness (QED) is 0.877. The third kappa shape index (κ3) is 3.33. The molecule has 1 aliphatic rings. The average molecular weight is 324 g/mol. The minimum Gasteiger partial charge on any atom is -0.399 e. The van der Waals surface area contributed by atoms with Gasteiger partial charge in [-0.3, -0.25) is 0 Å². The smallest absolute Gasteiger partial charge is 0.399 e. The van der Waals surface area contributed by atoms with Crippen molar-refractivity contribution in [2.75, 3.05) is 5.32 Å². The minimum atomic E-state index is -0.371.